The number of aliphatic hydroxyl groups is 1. The number of nitrogens with one attached hydrogen (secondary N) is 1. The van der Waals surface area contributed by atoms with Gasteiger partial charge in [0.1, 0.15) is 11.5 Å². The summed E-state index contributed by atoms with van der Waals surface area (Å²) in [5.74, 6) is 1.18. The number of hydrogen-bond acceptors (Lipinski definition) is 4. The lowest BCUT2D eigenvalue weighted by Gasteiger charge is -2.28. The first-order valence-corrected chi connectivity index (χ1v) is 6.15. The van der Waals surface area contributed by atoms with Crippen LogP contribution in [-0.2, 0) is 9.53 Å². The van der Waals surface area contributed by atoms with Crippen molar-refractivity contribution in [2.75, 3.05) is 20.3 Å². The molecule has 5 nitrogen and oxygen atoms in total. The van der Waals surface area contributed by atoms with Crippen molar-refractivity contribution in [3.05, 3.63) is 29.7 Å². The fraction of sp³-hybridized carbons (Fsp3) is 0.500. The summed E-state index contributed by atoms with van der Waals surface area (Å²) < 4.78 is 10.4. The van der Waals surface area contributed by atoms with Gasteiger partial charge in [-0.2, -0.15) is 0 Å². The van der Waals surface area contributed by atoms with Gasteiger partial charge in [0.25, 0.3) is 0 Å². The number of rotatable bonds is 7. The summed E-state index contributed by atoms with van der Waals surface area (Å²) >= 11 is 0. The van der Waals surface area contributed by atoms with E-state index in [4.69, 9.17) is 14.3 Å². The molecule has 0 saturated heterocycles. The fourth-order valence-electron chi connectivity index (χ4n) is 1.78. The van der Waals surface area contributed by atoms with Crippen molar-refractivity contribution in [3.63, 3.8) is 0 Å². The van der Waals surface area contributed by atoms with Gasteiger partial charge >= 0.3 is 0 Å². The van der Waals surface area contributed by atoms with E-state index in [0.717, 1.165) is 5.76 Å². The van der Waals surface area contributed by atoms with E-state index >= 15 is 0 Å². The molecule has 1 unspecified atom stereocenters. The summed E-state index contributed by atoms with van der Waals surface area (Å²) in [7, 11) is 1.56. The molecule has 106 valence electrons. The zero-order chi connectivity index (χ0) is 14.3. The predicted molar refractivity (Wildman–Crippen MR) is 72.6 cm³/mol. The summed E-state index contributed by atoms with van der Waals surface area (Å²) in [4.78, 5) is 11.8. The quantitative estimate of drug-likeness (QED) is 0.734. The van der Waals surface area contributed by atoms with Gasteiger partial charge in [0.15, 0.2) is 0 Å². The highest BCUT2D eigenvalue weighted by molar-refractivity contribution is 5.91. The average Bonchev–Trinajstić information content (AvgIpc) is 2.73. The van der Waals surface area contributed by atoms with Gasteiger partial charge in [-0.3, -0.25) is 4.79 Å². The molecule has 1 atom stereocenters. The monoisotopic (exact) mass is 267 g/mol. The van der Waals surface area contributed by atoms with Gasteiger partial charge in [-0.05, 0) is 38.5 Å². The number of carbonyl (C=O) groups excluding carboxylic acids is 1. The van der Waals surface area contributed by atoms with Gasteiger partial charge < -0.3 is 19.6 Å². The van der Waals surface area contributed by atoms with Crippen LogP contribution in [0.3, 0.4) is 0 Å². The minimum atomic E-state index is -0.579. The number of amides is 1. The van der Waals surface area contributed by atoms with Crippen molar-refractivity contribution in [1.82, 2.24) is 5.32 Å². The Hall–Kier alpha value is -1.59. The van der Waals surface area contributed by atoms with Crippen LogP contribution >= 0.6 is 0 Å². The summed E-state index contributed by atoms with van der Waals surface area (Å²) in [5.41, 5.74) is -0.579. The second kappa shape index (κ2) is 7.11. The molecule has 1 aromatic heterocycles. The number of aryl methyl sites for hydroxylation is 1. The van der Waals surface area contributed by atoms with Gasteiger partial charge in [-0.25, -0.2) is 0 Å². The number of hydrogen-bond donors (Lipinski definition) is 2. The highest BCUT2D eigenvalue weighted by atomic mass is 16.5. The molecule has 0 aromatic carbocycles. The van der Waals surface area contributed by atoms with E-state index in [1.807, 2.05) is 19.9 Å². The highest BCUT2D eigenvalue weighted by Crippen LogP contribution is 2.11. The van der Waals surface area contributed by atoms with E-state index in [1.54, 1.807) is 19.3 Å². The van der Waals surface area contributed by atoms with E-state index in [2.05, 4.69) is 5.32 Å². The number of ether oxygens (including phenoxy) is 1. The molecule has 0 aliphatic heterocycles. The van der Waals surface area contributed by atoms with Crippen molar-refractivity contribution in [2.45, 2.75) is 25.8 Å². The van der Waals surface area contributed by atoms with E-state index in [0.29, 0.717) is 18.8 Å². The summed E-state index contributed by atoms with van der Waals surface area (Å²) in [6.07, 6.45) is 3.44. The van der Waals surface area contributed by atoms with E-state index < -0.39 is 5.54 Å². The van der Waals surface area contributed by atoms with Crippen LogP contribution in [0.4, 0.5) is 0 Å². The number of methoxy groups -OCH3 is 1. The Kier molecular flexibility index (Phi) is 5.79. The Morgan fingerprint density at radius 1 is 1.58 bits per heavy atom. The van der Waals surface area contributed by atoms with Crippen LogP contribution in [0.15, 0.2) is 22.6 Å². The van der Waals surface area contributed by atoms with Crippen molar-refractivity contribution >= 4 is 12.0 Å². The SMILES string of the molecule is COCC(C)(CCO)NC(=O)/C=C/c1ccc(C)o1. The smallest absolute Gasteiger partial charge is 0.244 e. The fourth-order valence-corrected chi connectivity index (χ4v) is 1.78. The predicted octanol–water partition coefficient (Wildman–Crippen LogP) is 1.50. The second-order valence-corrected chi connectivity index (χ2v) is 4.74. The standard InChI is InChI=1S/C14H21NO4/c1-11-4-5-12(19-11)6-7-13(17)15-14(2,8-9-16)10-18-3/h4-7,16H,8-10H2,1-3H3,(H,15,17)/b7-6+. The highest BCUT2D eigenvalue weighted by Gasteiger charge is 2.24. The lowest BCUT2D eigenvalue weighted by atomic mass is 9.99. The Morgan fingerprint density at radius 3 is 2.84 bits per heavy atom. The Bertz CT molecular complexity index is 430. The van der Waals surface area contributed by atoms with Crippen LogP contribution in [0.5, 0.6) is 0 Å². The lowest BCUT2D eigenvalue weighted by Crippen LogP contribution is -2.49. The van der Waals surface area contributed by atoms with E-state index in [9.17, 15) is 4.79 Å². The van der Waals surface area contributed by atoms with E-state index in [1.165, 1.54) is 6.08 Å². The molecular weight excluding hydrogens is 246 g/mol. The maximum Gasteiger partial charge on any atom is 0.244 e. The maximum absolute atomic E-state index is 11.8. The van der Waals surface area contributed by atoms with Crippen LogP contribution in [-0.4, -0.2) is 36.9 Å². The molecule has 19 heavy (non-hydrogen) atoms. The van der Waals surface area contributed by atoms with Crippen molar-refractivity contribution < 1.29 is 19.1 Å². The first-order chi connectivity index (χ1) is 8.99. The topological polar surface area (TPSA) is 71.7 Å². The van der Waals surface area contributed by atoms with Crippen LogP contribution in [0.25, 0.3) is 6.08 Å². The Labute approximate surface area is 113 Å². The second-order valence-electron chi connectivity index (χ2n) is 4.74. The molecule has 0 aliphatic rings. The van der Waals surface area contributed by atoms with E-state index in [-0.39, 0.29) is 12.5 Å². The molecule has 2 N–H and O–H groups in total. The van der Waals surface area contributed by atoms with Gasteiger partial charge in [0.05, 0.1) is 12.1 Å². The zero-order valence-electron chi connectivity index (χ0n) is 11.6. The van der Waals surface area contributed by atoms with Crippen molar-refractivity contribution in [1.29, 1.82) is 0 Å². The first kappa shape index (κ1) is 15.5. The summed E-state index contributed by atoms with van der Waals surface area (Å²) in [6, 6.07) is 3.62. The molecule has 0 aliphatic carbocycles. The lowest BCUT2D eigenvalue weighted by molar-refractivity contribution is -0.119. The average molecular weight is 267 g/mol. The largest absolute Gasteiger partial charge is 0.462 e. The van der Waals surface area contributed by atoms with Crippen molar-refractivity contribution in [2.24, 2.45) is 0 Å². The molecule has 5 heteroatoms. The summed E-state index contributed by atoms with van der Waals surface area (Å²) in [6.45, 7) is 4.00. The minimum Gasteiger partial charge on any atom is -0.462 e. The molecule has 0 spiro atoms. The molecule has 0 saturated carbocycles. The third-order valence-corrected chi connectivity index (χ3v) is 2.71. The third kappa shape index (κ3) is 5.28. The molecular formula is C14H21NO4. The van der Waals surface area contributed by atoms with Crippen LogP contribution in [0, 0.1) is 6.92 Å². The minimum absolute atomic E-state index is 0.0127. The number of carbonyl (C=O) groups is 1. The molecule has 1 rings (SSSR count). The Morgan fingerprint density at radius 2 is 2.32 bits per heavy atom. The van der Waals surface area contributed by atoms with Gasteiger partial charge in [0, 0.05) is 19.8 Å². The first-order valence-electron chi connectivity index (χ1n) is 6.15. The maximum atomic E-state index is 11.8. The van der Waals surface area contributed by atoms with Gasteiger partial charge in [-0.1, -0.05) is 0 Å². The number of aliphatic hydroxyl groups excluding tert-OH is 1. The van der Waals surface area contributed by atoms with Crippen molar-refractivity contribution in [3.8, 4) is 0 Å². The molecule has 1 aromatic rings. The van der Waals surface area contributed by atoms with Crippen LogP contribution < -0.4 is 5.32 Å². The van der Waals surface area contributed by atoms with Crippen LogP contribution in [0.1, 0.15) is 24.9 Å². The molecule has 0 bridgehead atoms. The normalized spacial score (nSPS) is 14.5. The Balaban J connectivity index is 2.59. The summed E-state index contributed by atoms with van der Waals surface area (Å²) in [5, 5.41) is 11.8. The number of furan rings is 1. The third-order valence-electron chi connectivity index (χ3n) is 2.71. The zero-order valence-corrected chi connectivity index (χ0v) is 11.6. The molecule has 0 fully saturated rings. The van der Waals surface area contributed by atoms with Crippen LogP contribution in [0.2, 0.25) is 0 Å². The molecule has 1 amide bonds. The van der Waals surface area contributed by atoms with Gasteiger partial charge in [0.2, 0.25) is 5.91 Å². The molecule has 0 radical (unpaired) electrons. The molecule has 1 heterocycles. The van der Waals surface area contributed by atoms with Gasteiger partial charge in [-0.15, -0.1) is 0 Å².